The molecule has 5 rings (SSSR count). The lowest BCUT2D eigenvalue weighted by Crippen LogP contribution is -2.39. The third kappa shape index (κ3) is 7.21. The Kier molecular flexibility index (Phi) is 10.5. The van der Waals surface area contributed by atoms with Crippen LogP contribution in [0, 0.1) is 11.6 Å². The van der Waals surface area contributed by atoms with Gasteiger partial charge in [0.1, 0.15) is 16.5 Å². The molecule has 0 saturated heterocycles. The molecule has 0 saturated carbocycles. The van der Waals surface area contributed by atoms with Crippen LogP contribution in [0.4, 0.5) is 19.3 Å². The van der Waals surface area contributed by atoms with Crippen molar-refractivity contribution in [2.24, 2.45) is 0 Å². The van der Waals surface area contributed by atoms with E-state index in [9.17, 15) is 28.0 Å². The van der Waals surface area contributed by atoms with E-state index in [0.29, 0.717) is 47.0 Å². The molecule has 10 nitrogen and oxygen atoms in total. The maximum absolute atomic E-state index is 15.0. The molecule has 3 amide bonds. The molecule has 13 heteroatoms. The third-order valence-corrected chi connectivity index (χ3v) is 9.29. The molecule has 0 atom stereocenters. The predicted octanol–water partition coefficient (Wildman–Crippen LogP) is 5.26. The van der Waals surface area contributed by atoms with E-state index < -0.39 is 29.4 Å². The number of hydrogen-bond acceptors (Lipinski definition) is 6. The zero-order valence-electron chi connectivity index (χ0n) is 27.0. The molecule has 2 N–H and O–H groups in total. The summed E-state index contributed by atoms with van der Waals surface area (Å²) in [6, 6.07) is 18.6. The molecular weight excluding hydrogens is 638 g/mol. The van der Waals surface area contributed by atoms with E-state index in [1.807, 2.05) is 18.9 Å². The topological polar surface area (TPSA) is 109 Å². The van der Waals surface area contributed by atoms with Crippen molar-refractivity contribution in [2.75, 3.05) is 39.0 Å². The van der Waals surface area contributed by atoms with Crippen LogP contribution in [-0.2, 0) is 17.9 Å². The third-order valence-electron chi connectivity index (χ3n) is 7.99. The minimum atomic E-state index is -0.811. The van der Waals surface area contributed by atoms with Gasteiger partial charge in [0.2, 0.25) is 5.91 Å². The predicted molar refractivity (Wildman–Crippen MR) is 185 cm³/mol. The highest BCUT2D eigenvalue weighted by atomic mass is 32.1. The average Bonchev–Trinajstić information content (AvgIpc) is 3.43. The van der Waals surface area contributed by atoms with Crippen molar-refractivity contribution in [3.63, 3.8) is 0 Å². The van der Waals surface area contributed by atoms with Gasteiger partial charge in [-0.05, 0) is 61.5 Å². The number of likely N-dealkylation sites (N-methyl/N-ethyl adjacent to an activating group) is 2. The second-order valence-corrected chi connectivity index (χ2v) is 12.4. The SMILES string of the molecule is CCNC(=O)Nc1ccc(-c2sc3c(c2CN(C)CCN(C)C(C)=O)c(=O)n(-c2ccccc2)c(=O)n3Cc2c(F)cccc2F)cc1. The normalized spacial score (nSPS) is 11.2. The second kappa shape index (κ2) is 14.7. The number of urea groups is 1. The van der Waals surface area contributed by atoms with Crippen molar-refractivity contribution in [2.45, 2.75) is 26.9 Å². The van der Waals surface area contributed by atoms with E-state index in [4.69, 9.17) is 0 Å². The van der Waals surface area contributed by atoms with E-state index in [0.717, 1.165) is 16.7 Å². The van der Waals surface area contributed by atoms with Crippen molar-refractivity contribution >= 4 is 39.2 Å². The quantitative estimate of drug-likeness (QED) is 0.199. The van der Waals surface area contributed by atoms with E-state index in [1.165, 1.54) is 28.9 Å². The van der Waals surface area contributed by atoms with Crippen LogP contribution in [0.5, 0.6) is 0 Å². The molecule has 2 aromatic heterocycles. The number of nitrogens with zero attached hydrogens (tertiary/aromatic N) is 4. The number of hydrogen-bond donors (Lipinski definition) is 2. The van der Waals surface area contributed by atoms with Gasteiger partial charge in [-0.2, -0.15) is 0 Å². The molecule has 0 bridgehead atoms. The Morgan fingerprint density at radius 3 is 2.17 bits per heavy atom. The van der Waals surface area contributed by atoms with Crippen LogP contribution >= 0.6 is 11.3 Å². The number of para-hydroxylation sites is 1. The lowest BCUT2D eigenvalue weighted by Gasteiger charge is -2.22. The Labute approximate surface area is 279 Å². The monoisotopic (exact) mass is 674 g/mol. The Bertz CT molecular complexity index is 2060. The first-order chi connectivity index (χ1) is 23.0. The Balaban J connectivity index is 1.75. The van der Waals surface area contributed by atoms with Gasteiger partial charge < -0.3 is 20.4 Å². The van der Waals surface area contributed by atoms with Gasteiger partial charge in [-0.1, -0.05) is 36.4 Å². The second-order valence-electron chi connectivity index (χ2n) is 11.4. The molecule has 0 spiro atoms. The summed E-state index contributed by atoms with van der Waals surface area (Å²) in [6.45, 7) is 4.49. The summed E-state index contributed by atoms with van der Waals surface area (Å²) in [4.78, 5) is 57.0. The van der Waals surface area contributed by atoms with Crippen molar-refractivity contribution in [1.29, 1.82) is 0 Å². The highest BCUT2D eigenvalue weighted by molar-refractivity contribution is 7.22. The van der Waals surface area contributed by atoms with Crippen LogP contribution in [0.15, 0.2) is 82.4 Å². The largest absolute Gasteiger partial charge is 0.345 e. The maximum Gasteiger partial charge on any atom is 0.337 e. The molecule has 0 aliphatic rings. The van der Waals surface area contributed by atoms with Crippen molar-refractivity contribution in [3.8, 4) is 16.1 Å². The van der Waals surface area contributed by atoms with Gasteiger partial charge in [0.25, 0.3) is 5.56 Å². The molecule has 0 aliphatic carbocycles. The first kappa shape index (κ1) is 34.2. The van der Waals surface area contributed by atoms with Gasteiger partial charge >= 0.3 is 11.7 Å². The fourth-order valence-corrected chi connectivity index (χ4v) is 6.61. The summed E-state index contributed by atoms with van der Waals surface area (Å²) in [5.41, 5.74) is 0.587. The standard InChI is InChI=1S/C35H36F2N6O4S/c1-5-38-34(46)39-24-16-14-23(15-17-24)31-27(20-40(3)18-19-41(4)22(2)44)30-32(45)43(25-10-7-6-8-11-25)35(47)42(33(30)48-31)21-26-28(36)12-9-13-29(26)37/h6-17H,5,18-21H2,1-4H3,(H2,38,39,46). The average molecular weight is 675 g/mol. The van der Waals surface area contributed by atoms with Crippen LogP contribution in [0.3, 0.4) is 0 Å². The van der Waals surface area contributed by atoms with E-state index in [-0.39, 0.29) is 34.3 Å². The number of aromatic nitrogens is 2. The number of nitrogens with one attached hydrogen (secondary N) is 2. The summed E-state index contributed by atoms with van der Waals surface area (Å²) >= 11 is 1.18. The molecule has 0 unspecified atom stereocenters. The Hall–Kier alpha value is -5.14. The fraction of sp³-hybridized carbons (Fsp3) is 0.257. The molecule has 3 aromatic carbocycles. The number of carbonyl (C=O) groups is 2. The molecule has 2 heterocycles. The number of amides is 3. The fourth-order valence-electron chi connectivity index (χ4n) is 5.31. The smallest absolute Gasteiger partial charge is 0.337 e. The molecule has 5 aromatic rings. The maximum atomic E-state index is 15.0. The highest BCUT2D eigenvalue weighted by Gasteiger charge is 2.26. The molecular formula is C35H36F2N6O4S. The first-order valence-corrected chi connectivity index (χ1v) is 16.2. The zero-order chi connectivity index (χ0) is 34.5. The van der Waals surface area contributed by atoms with Crippen molar-refractivity contribution in [1.82, 2.24) is 24.3 Å². The van der Waals surface area contributed by atoms with E-state index in [2.05, 4.69) is 10.6 Å². The molecule has 0 radical (unpaired) electrons. The van der Waals surface area contributed by atoms with Crippen LogP contribution in [0.2, 0.25) is 0 Å². The number of halogens is 2. The minimum Gasteiger partial charge on any atom is -0.345 e. The van der Waals surface area contributed by atoms with E-state index >= 15 is 0 Å². The molecule has 0 fully saturated rings. The van der Waals surface area contributed by atoms with Gasteiger partial charge in [-0.25, -0.2) is 22.9 Å². The van der Waals surface area contributed by atoms with Gasteiger partial charge in [0, 0.05) is 56.3 Å². The molecule has 0 aliphatic heterocycles. The molecule has 250 valence electrons. The molecule has 48 heavy (non-hydrogen) atoms. The van der Waals surface area contributed by atoms with Gasteiger partial charge in [-0.3, -0.25) is 14.2 Å². The minimum absolute atomic E-state index is 0.0819. The van der Waals surface area contributed by atoms with Gasteiger partial charge in [-0.15, -0.1) is 11.3 Å². The summed E-state index contributed by atoms with van der Waals surface area (Å²) < 4.78 is 32.3. The van der Waals surface area contributed by atoms with Crippen molar-refractivity contribution in [3.05, 3.63) is 116 Å². The van der Waals surface area contributed by atoms with Gasteiger partial charge in [0.05, 0.1) is 17.6 Å². The highest BCUT2D eigenvalue weighted by Crippen LogP contribution is 2.38. The Morgan fingerprint density at radius 1 is 0.875 bits per heavy atom. The first-order valence-electron chi connectivity index (χ1n) is 15.3. The number of benzene rings is 3. The lowest BCUT2D eigenvalue weighted by molar-refractivity contribution is -0.127. The van der Waals surface area contributed by atoms with E-state index in [1.54, 1.807) is 66.5 Å². The number of fused-ring (bicyclic) bond motifs is 1. The number of rotatable bonds is 11. The van der Waals surface area contributed by atoms with Crippen LogP contribution in [-0.4, -0.2) is 64.6 Å². The number of carbonyl (C=O) groups excluding carboxylic acids is 2. The van der Waals surface area contributed by atoms with Gasteiger partial charge in [0.15, 0.2) is 0 Å². The van der Waals surface area contributed by atoms with Crippen LogP contribution in [0.1, 0.15) is 25.0 Å². The van der Waals surface area contributed by atoms with Crippen LogP contribution < -0.4 is 21.9 Å². The Morgan fingerprint density at radius 2 is 1.54 bits per heavy atom. The van der Waals surface area contributed by atoms with Crippen molar-refractivity contribution < 1.29 is 18.4 Å². The summed E-state index contributed by atoms with van der Waals surface area (Å²) in [5, 5.41) is 5.68. The summed E-state index contributed by atoms with van der Waals surface area (Å²) in [6.07, 6.45) is 0. The van der Waals surface area contributed by atoms with Crippen LogP contribution in [0.25, 0.3) is 26.3 Å². The number of thiophene rings is 1. The zero-order valence-corrected chi connectivity index (χ0v) is 27.9. The number of anilines is 1. The summed E-state index contributed by atoms with van der Waals surface area (Å²) in [5.74, 6) is -1.70. The lowest BCUT2D eigenvalue weighted by atomic mass is 10.1. The summed E-state index contributed by atoms with van der Waals surface area (Å²) in [7, 11) is 3.57.